The van der Waals surface area contributed by atoms with E-state index in [0.717, 1.165) is 29.7 Å². The first-order valence-electron chi connectivity index (χ1n) is 4.53. The van der Waals surface area contributed by atoms with E-state index in [-0.39, 0.29) is 6.04 Å². The Labute approximate surface area is 91.5 Å². The van der Waals surface area contributed by atoms with E-state index in [1.165, 1.54) is 0 Å². The van der Waals surface area contributed by atoms with Crippen LogP contribution in [0.3, 0.4) is 0 Å². The number of nitriles is 1. The normalized spacial score (nSPS) is 21.3. The number of likely N-dealkylation sites (tertiary alicyclic amines) is 1. The average Bonchev–Trinajstić information content (AvgIpc) is 2.16. The molecule has 1 aromatic rings. The van der Waals surface area contributed by atoms with E-state index < -0.39 is 0 Å². The van der Waals surface area contributed by atoms with Gasteiger partial charge in [-0.05, 0) is 34.0 Å². The molecule has 1 atom stereocenters. The van der Waals surface area contributed by atoms with Crippen LogP contribution >= 0.6 is 15.9 Å². The molecule has 0 spiro atoms. The molecule has 1 aromatic heterocycles. The molecule has 0 aromatic carbocycles. The third kappa shape index (κ3) is 1.94. The molecule has 0 saturated carbocycles. The van der Waals surface area contributed by atoms with E-state index in [9.17, 15) is 0 Å². The van der Waals surface area contributed by atoms with Gasteiger partial charge in [0.1, 0.15) is 4.60 Å². The first-order chi connectivity index (χ1) is 6.79. The van der Waals surface area contributed by atoms with Gasteiger partial charge in [-0.25, -0.2) is 4.98 Å². The monoisotopic (exact) mass is 251 g/mol. The maximum atomic E-state index is 8.76. The second-order valence-corrected chi connectivity index (χ2v) is 4.21. The minimum atomic E-state index is 0.110. The van der Waals surface area contributed by atoms with Gasteiger partial charge in [0.25, 0.3) is 0 Å². The van der Waals surface area contributed by atoms with E-state index in [0.29, 0.717) is 0 Å². The van der Waals surface area contributed by atoms with Crippen molar-refractivity contribution in [3.8, 4) is 6.07 Å². The molecule has 2 heterocycles. The smallest absolute Gasteiger partial charge is 0.106 e. The van der Waals surface area contributed by atoms with Crippen molar-refractivity contribution in [2.24, 2.45) is 0 Å². The fraction of sp³-hybridized carbons (Fsp3) is 0.400. The third-order valence-electron chi connectivity index (χ3n) is 2.45. The largest absolute Gasteiger partial charge is 0.284 e. The predicted molar refractivity (Wildman–Crippen MR) is 56.4 cm³/mol. The highest BCUT2D eigenvalue weighted by Crippen LogP contribution is 2.19. The number of nitrogens with zero attached hydrogens (tertiary/aromatic N) is 3. The molecule has 4 heteroatoms. The van der Waals surface area contributed by atoms with E-state index in [2.05, 4.69) is 31.9 Å². The van der Waals surface area contributed by atoms with Crippen LogP contribution in [-0.4, -0.2) is 22.5 Å². The van der Waals surface area contributed by atoms with Crippen LogP contribution in [0.5, 0.6) is 0 Å². The van der Waals surface area contributed by atoms with Crippen molar-refractivity contribution >= 4 is 15.9 Å². The molecule has 3 nitrogen and oxygen atoms in total. The van der Waals surface area contributed by atoms with Crippen LogP contribution in [0.1, 0.15) is 12.0 Å². The third-order valence-corrected chi connectivity index (χ3v) is 2.92. The molecule has 0 radical (unpaired) electrons. The van der Waals surface area contributed by atoms with E-state index >= 15 is 0 Å². The van der Waals surface area contributed by atoms with Gasteiger partial charge in [0, 0.05) is 19.3 Å². The Balaban J connectivity index is 1.98. The SMILES string of the molecule is N#C[C@@H]1CCN1Cc1ccc(Br)nc1. The molecule has 1 fully saturated rings. The van der Waals surface area contributed by atoms with Crippen LogP contribution < -0.4 is 0 Å². The number of aromatic nitrogens is 1. The van der Waals surface area contributed by atoms with E-state index in [1.807, 2.05) is 18.3 Å². The number of hydrogen-bond acceptors (Lipinski definition) is 3. The predicted octanol–water partition coefficient (Wildman–Crippen LogP) is 1.94. The highest BCUT2D eigenvalue weighted by atomic mass is 79.9. The van der Waals surface area contributed by atoms with E-state index in [1.54, 1.807) is 0 Å². The van der Waals surface area contributed by atoms with E-state index in [4.69, 9.17) is 5.26 Å². The highest BCUT2D eigenvalue weighted by molar-refractivity contribution is 9.10. The highest BCUT2D eigenvalue weighted by Gasteiger charge is 2.27. The number of hydrogen-bond donors (Lipinski definition) is 0. The van der Waals surface area contributed by atoms with Crippen molar-refractivity contribution in [2.45, 2.75) is 19.0 Å². The van der Waals surface area contributed by atoms with Gasteiger partial charge >= 0.3 is 0 Å². The van der Waals surface area contributed by atoms with Crippen LogP contribution in [-0.2, 0) is 6.54 Å². The zero-order chi connectivity index (χ0) is 9.97. The number of rotatable bonds is 2. The Morgan fingerprint density at radius 2 is 2.50 bits per heavy atom. The Kier molecular flexibility index (Phi) is 2.80. The summed E-state index contributed by atoms with van der Waals surface area (Å²) in [5.74, 6) is 0. The molecule has 1 aliphatic heterocycles. The average molecular weight is 252 g/mol. The molecule has 14 heavy (non-hydrogen) atoms. The van der Waals surface area contributed by atoms with Crippen molar-refractivity contribution in [1.29, 1.82) is 5.26 Å². The Morgan fingerprint density at radius 3 is 3.00 bits per heavy atom. The van der Waals surface area contributed by atoms with Crippen molar-refractivity contribution < 1.29 is 0 Å². The Bertz CT molecular complexity index is 355. The van der Waals surface area contributed by atoms with Gasteiger partial charge < -0.3 is 0 Å². The standard InChI is InChI=1S/C10H10BrN3/c11-10-2-1-8(6-13-10)7-14-4-3-9(14)5-12/h1-2,6,9H,3-4,7H2/t9-/m0/s1. The summed E-state index contributed by atoms with van der Waals surface area (Å²) in [6.07, 6.45) is 2.84. The van der Waals surface area contributed by atoms with Gasteiger partial charge in [-0.15, -0.1) is 0 Å². The molecule has 0 amide bonds. The van der Waals surface area contributed by atoms with Crippen LogP contribution in [0.2, 0.25) is 0 Å². The van der Waals surface area contributed by atoms with Crippen LogP contribution in [0.25, 0.3) is 0 Å². The lowest BCUT2D eigenvalue weighted by Crippen LogP contribution is -2.45. The summed E-state index contributed by atoms with van der Waals surface area (Å²) in [6, 6.07) is 6.35. The van der Waals surface area contributed by atoms with Crippen molar-refractivity contribution in [3.05, 3.63) is 28.5 Å². The van der Waals surface area contributed by atoms with Crippen molar-refractivity contribution in [2.75, 3.05) is 6.54 Å². The Morgan fingerprint density at radius 1 is 1.64 bits per heavy atom. The Hall–Kier alpha value is -0.920. The second kappa shape index (κ2) is 4.07. The fourth-order valence-electron chi connectivity index (χ4n) is 1.51. The summed E-state index contributed by atoms with van der Waals surface area (Å²) in [7, 11) is 0. The van der Waals surface area contributed by atoms with Crippen LogP contribution in [0.15, 0.2) is 22.9 Å². The molecule has 0 N–H and O–H groups in total. The van der Waals surface area contributed by atoms with Crippen LogP contribution in [0, 0.1) is 11.3 Å². The zero-order valence-corrected chi connectivity index (χ0v) is 9.24. The minimum Gasteiger partial charge on any atom is -0.284 e. The summed E-state index contributed by atoms with van der Waals surface area (Å²) >= 11 is 3.29. The van der Waals surface area contributed by atoms with Gasteiger partial charge in [0.2, 0.25) is 0 Å². The topological polar surface area (TPSA) is 39.9 Å². The van der Waals surface area contributed by atoms with Gasteiger partial charge in [-0.3, -0.25) is 4.90 Å². The molecule has 0 bridgehead atoms. The molecular weight excluding hydrogens is 242 g/mol. The lowest BCUT2D eigenvalue weighted by atomic mass is 10.0. The second-order valence-electron chi connectivity index (χ2n) is 3.39. The first-order valence-corrected chi connectivity index (χ1v) is 5.33. The number of pyridine rings is 1. The fourth-order valence-corrected chi connectivity index (χ4v) is 1.75. The van der Waals surface area contributed by atoms with Gasteiger partial charge in [0.05, 0.1) is 12.1 Å². The molecule has 72 valence electrons. The maximum Gasteiger partial charge on any atom is 0.106 e. The van der Waals surface area contributed by atoms with Gasteiger partial charge in [0.15, 0.2) is 0 Å². The van der Waals surface area contributed by atoms with Crippen molar-refractivity contribution in [1.82, 2.24) is 9.88 Å². The minimum absolute atomic E-state index is 0.110. The molecular formula is C10H10BrN3. The molecule has 1 aliphatic rings. The molecule has 0 aliphatic carbocycles. The molecule has 2 rings (SSSR count). The summed E-state index contributed by atoms with van der Waals surface area (Å²) in [5, 5.41) is 8.76. The molecule has 0 unspecified atom stereocenters. The lowest BCUT2D eigenvalue weighted by molar-refractivity contribution is 0.122. The quantitative estimate of drug-likeness (QED) is 0.755. The summed E-state index contributed by atoms with van der Waals surface area (Å²) < 4.78 is 0.849. The summed E-state index contributed by atoms with van der Waals surface area (Å²) in [4.78, 5) is 6.31. The maximum absolute atomic E-state index is 8.76. The first kappa shape index (κ1) is 9.63. The van der Waals surface area contributed by atoms with Gasteiger partial charge in [-0.2, -0.15) is 5.26 Å². The van der Waals surface area contributed by atoms with Crippen LogP contribution in [0.4, 0.5) is 0 Å². The zero-order valence-electron chi connectivity index (χ0n) is 7.65. The number of halogens is 1. The molecule has 1 saturated heterocycles. The lowest BCUT2D eigenvalue weighted by Gasteiger charge is -2.36. The van der Waals surface area contributed by atoms with Crippen molar-refractivity contribution in [3.63, 3.8) is 0 Å². The van der Waals surface area contributed by atoms with Gasteiger partial charge in [-0.1, -0.05) is 6.07 Å². The summed E-state index contributed by atoms with van der Waals surface area (Å²) in [5.41, 5.74) is 1.16. The summed E-state index contributed by atoms with van der Waals surface area (Å²) in [6.45, 7) is 1.85.